The Morgan fingerprint density at radius 2 is 0.681 bits per heavy atom. The first-order valence-corrected chi connectivity index (χ1v) is 31.0. The number of unbranched alkanes of at least 4 members (excludes halogenated alkanes) is 30. The molecule has 0 bridgehead atoms. The molecule has 0 saturated heterocycles. The average Bonchev–Trinajstić information content (AvgIpc) is 3.37. The summed E-state index contributed by atoms with van der Waals surface area (Å²) in [6.07, 6.45) is 57.7. The number of hydrogen-bond donors (Lipinski definition) is 2. The van der Waals surface area contributed by atoms with Gasteiger partial charge < -0.3 is 24.2 Å². The van der Waals surface area contributed by atoms with Gasteiger partial charge in [0.05, 0.1) is 19.8 Å². The summed E-state index contributed by atoms with van der Waals surface area (Å²) < 4.78 is 39.5. The van der Waals surface area contributed by atoms with Crippen LogP contribution in [0.25, 0.3) is 0 Å². The second-order valence-electron chi connectivity index (χ2n) is 19.8. The van der Waals surface area contributed by atoms with Crippen molar-refractivity contribution >= 4 is 25.7 Å². The van der Waals surface area contributed by atoms with Crippen molar-refractivity contribution < 1.29 is 52.2 Å². The van der Waals surface area contributed by atoms with Crippen molar-refractivity contribution in [3.63, 3.8) is 0 Å². The van der Waals surface area contributed by atoms with E-state index < -0.39 is 57.8 Å². The van der Waals surface area contributed by atoms with Crippen molar-refractivity contribution in [2.24, 2.45) is 0 Å². The number of carbonyl (C=O) groups is 3. The van der Waals surface area contributed by atoms with Crippen molar-refractivity contribution in [2.75, 3.05) is 26.4 Å². The molecule has 0 aromatic carbocycles. The number of allylic oxidation sites excluding steroid dienone is 8. The summed E-state index contributed by atoms with van der Waals surface area (Å²) in [6, 6.07) is 0. The van der Waals surface area contributed by atoms with Gasteiger partial charge in [0, 0.05) is 19.3 Å². The molecule has 0 radical (unpaired) electrons. The highest BCUT2D eigenvalue weighted by Gasteiger charge is 2.28. The van der Waals surface area contributed by atoms with Crippen LogP contribution in [0.15, 0.2) is 48.6 Å². The van der Waals surface area contributed by atoms with Crippen LogP contribution >= 0.6 is 7.82 Å². The zero-order valence-electron chi connectivity index (χ0n) is 46.4. The van der Waals surface area contributed by atoms with Gasteiger partial charge in [0.15, 0.2) is 6.10 Å². The number of aliphatic hydroxyl groups excluding tert-OH is 1. The lowest BCUT2D eigenvalue weighted by Gasteiger charge is -2.21. The monoisotopic (exact) mass is 1040 g/mol. The minimum absolute atomic E-state index is 0.150. The molecule has 11 nitrogen and oxygen atoms in total. The molecule has 420 valence electrons. The van der Waals surface area contributed by atoms with Crippen LogP contribution in [0.4, 0.5) is 0 Å². The van der Waals surface area contributed by atoms with Gasteiger partial charge in [0.1, 0.15) is 12.7 Å². The predicted octanol–water partition coefficient (Wildman–Crippen LogP) is 17.4. The van der Waals surface area contributed by atoms with Crippen molar-refractivity contribution in [3.05, 3.63) is 48.6 Å². The first-order valence-electron chi connectivity index (χ1n) is 29.5. The number of phosphoric acid groups is 1. The quantitative estimate of drug-likeness (QED) is 0.0197. The van der Waals surface area contributed by atoms with Gasteiger partial charge in [-0.1, -0.05) is 223 Å². The number of ether oxygens (including phenoxy) is 3. The Hall–Kier alpha value is -2.56. The van der Waals surface area contributed by atoms with Crippen molar-refractivity contribution in [3.8, 4) is 0 Å². The highest BCUT2D eigenvalue weighted by Crippen LogP contribution is 2.43. The van der Waals surface area contributed by atoms with E-state index in [4.69, 9.17) is 23.3 Å². The van der Waals surface area contributed by atoms with E-state index >= 15 is 0 Å². The van der Waals surface area contributed by atoms with E-state index in [1.165, 1.54) is 109 Å². The lowest BCUT2D eigenvalue weighted by Crippen LogP contribution is -2.30. The molecule has 3 atom stereocenters. The number of hydrogen-bond acceptors (Lipinski definition) is 10. The van der Waals surface area contributed by atoms with Gasteiger partial charge in [-0.05, 0) is 83.5 Å². The van der Waals surface area contributed by atoms with Crippen molar-refractivity contribution in [2.45, 2.75) is 290 Å². The molecule has 3 unspecified atom stereocenters. The summed E-state index contributed by atoms with van der Waals surface area (Å²) in [6.45, 7) is 4.59. The van der Waals surface area contributed by atoms with Gasteiger partial charge in [-0.25, -0.2) is 4.57 Å². The third kappa shape index (κ3) is 52.3. The van der Waals surface area contributed by atoms with Gasteiger partial charge in [-0.3, -0.25) is 23.4 Å². The molecule has 72 heavy (non-hydrogen) atoms. The maximum Gasteiger partial charge on any atom is 0.472 e. The zero-order valence-corrected chi connectivity index (χ0v) is 47.3. The van der Waals surface area contributed by atoms with Crippen LogP contribution in [0.3, 0.4) is 0 Å². The maximum absolute atomic E-state index is 12.9. The predicted molar refractivity (Wildman–Crippen MR) is 298 cm³/mol. The molecule has 0 rings (SSSR count). The molecular formula is C60H109O11P. The first-order chi connectivity index (χ1) is 35.2. The summed E-state index contributed by atoms with van der Waals surface area (Å²) in [5, 5.41) is 9.82. The molecule has 0 aromatic heterocycles. The fraction of sp³-hybridized carbons (Fsp3) is 0.817. The minimum Gasteiger partial charge on any atom is -0.462 e. The molecule has 0 aliphatic carbocycles. The third-order valence-corrected chi connectivity index (χ3v) is 13.7. The molecule has 0 aromatic rings. The van der Waals surface area contributed by atoms with Crippen LogP contribution in [-0.2, 0) is 42.2 Å². The molecule has 0 saturated carbocycles. The largest absolute Gasteiger partial charge is 0.472 e. The molecule has 2 N–H and O–H groups in total. The Labute approximate surface area is 441 Å². The summed E-state index contributed by atoms with van der Waals surface area (Å²) in [5.74, 6) is -1.48. The second kappa shape index (κ2) is 54.7. The van der Waals surface area contributed by atoms with E-state index in [0.717, 1.165) is 109 Å². The number of aliphatic hydroxyl groups is 1. The number of esters is 3. The normalized spacial score (nSPS) is 13.7. The molecule has 0 heterocycles. The van der Waals surface area contributed by atoms with Gasteiger partial charge in [-0.2, -0.15) is 0 Å². The van der Waals surface area contributed by atoms with Crippen LogP contribution in [0.1, 0.15) is 278 Å². The van der Waals surface area contributed by atoms with Crippen molar-refractivity contribution in [1.82, 2.24) is 0 Å². The van der Waals surface area contributed by atoms with E-state index in [-0.39, 0.29) is 25.9 Å². The Morgan fingerprint density at radius 1 is 0.389 bits per heavy atom. The summed E-state index contributed by atoms with van der Waals surface area (Å²) in [7, 11) is -4.75. The maximum atomic E-state index is 12.9. The Morgan fingerprint density at radius 3 is 1.06 bits per heavy atom. The van der Waals surface area contributed by atoms with E-state index in [9.17, 15) is 28.9 Å². The lowest BCUT2D eigenvalue weighted by molar-refractivity contribution is -0.161. The molecular weight excluding hydrogens is 928 g/mol. The average molecular weight is 1040 g/mol. The van der Waals surface area contributed by atoms with Gasteiger partial charge in [-0.15, -0.1) is 0 Å². The van der Waals surface area contributed by atoms with Gasteiger partial charge >= 0.3 is 25.7 Å². The minimum atomic E-state index is -4.75. The number of phosphoric ester groups is 1. The standard InChI is InChI=1S/C60H109O11P/c1-4-7-10-13-16-19-22-25-28-31-34-37-40-43-46-49-58(62)67-53-57(71-60(64)51-48-45-42-39-36-33-30-27-24-21-18-15-12-9-6-3)55-69-72(65,66)68-54-56(52-61)70-59(63)50-47-44-41-38-35-32-29-26-23-20-17-14-11-8-5-2/h16,18-19,21,25,27-28,30,56-57,61H,4-15,17,20,22-24,26,29,31-55H2,1-3H3,(H,65,66)/b19-16-,21-18-,28-25-,30-27-. The highest BCUT2D eigenvalue weighted by molar-refractivity contribution is 7.47. The van der Waals surface area contributed by atoms with Crippen LogP contribution in [0.5, 0.6) is 0 Å². The summed E-state index contributed by atoms with van der Waals surface area (Å²) in [5.41, 5.74) is 0. The summed E-state index contributed by atoms with van der Waals surface area (Å²) >= 11 is 0. The molecule has 0 spiro atoms. The molecule has 0 aliphatic rings. The highest BCUT2D eigenvalue weighted by atomic mass is 31.2. The van der Waals surface area contributed by atoms with Crippen LogP contribution in [0.2, 0.25) is 0 Å². The molecule has 0 fully saturated rings. The fourth-order valence-corrected chi connectivity index (χ4v) is 8.97. The van der Waals surface area contributed by atoms with Gasteiger partial charge in [0.25, 0.3) is 0 Å². The Bertz CT molecular complexity index is 1400. The lowest BCUT2D eigenvalue weighted by atomic mass is 10.0. The Kier molecular flexibility index (Phi) is 52.7. The van der Waals surface area contributed by atoms with Crippen LogP contribution in [-0.4, -0.2) is 66.5 Å². The molecule has 0 amide bonds. The van der Waals surface area contributed by atoms with Crippen LogP contribution < -0.4 is 0 Å². The molecule has 12 heteroatoms. The zero-order chi connectivity index (χ0) is 52.7. The number of rotatable bonds is 55. The van der Waals surface area contributed by atoms with E-state index in [1.807, 2.05) is 0 Å². The van der Waals surface area contributed by atoms with Crippen molar-refractivity contribution in [1.29, 1.82) is 0 Å². The fourth-order valence-electron chi connectivity index (χ4n) is 8.18. The number of carbonyl (C=O) groups excluding carboxylic acids is 3. The SMILES string of the molecule is CCCCC/C=C\C/C=C\CCCCCCCC(=O)OCC(COP(=O)(O)OCC(CO)OC(=O)CCCCCCCCCCCCCCCCC)OC(=O)CCCCCCC/C=C\C/C=C\CCCCC. The Balaban J connectivity index is 4.72. The van der Waals surface area contributed by atoms with Crippen LogP contribution in [0, 0.1) is 0 Å². The molecule has 0 aliphatic heterocycles. The third-order valence-electron chi connectivity index (χ3n) is 12.7. The second-order valence-corrected chi connectivity index (χ2v) is 21.3. The first kappa shape index (κ1) is 69.4. The van der Waals surface area contributed by atoms with E-state index in [0.29, 0.717) is 19.3 Å². The summed E-state index contributed by atoms with van der Waals surface area (Å²) in [4.78, 5) is 48.5. The topological polar surface area (TPSA) is 155 Å². The van der Waals surface area contributed by atoms with E-state index in [2.05, 4.69) is 69.4 Å². The van der Waals surface area contributed by atoms with Gasteiger partial charge in [0.2, 0.25) is 0 Å². The van der Waals surface area contributed by atoms with E-state index in [1.54, 1.807) is 0 Å². The smallest absolute Gasteiger partial charge is 0.462 e.